The zero-order chi connectivity index (χ0) is 15.8. The van der Waals surface area contributed by atoms with Gasteiger partial charge in [0.25, 0.3) is 0 Å². The molecule has 1 atom stereocenters. The number of thioether (sulfide) groups is 1. The first-order chi connectivity index (χ1) is 9.75. The molecule has 8 heteroatoms. The monoisotopic (exact) mass is 311 g/mol. The molecule has 0 aliphatic carbocycles. The van der Waals surface area contributed by atoms with Crippen LogP contribution in [0.1, 0.15) is 20.8 Å². The van der Waals surface area contributed by atoms with Crippen molar-refractivity contribution in [2.45, 2.75) is 31.3 Å². The molecule has 114 valence electrons. The van der Waals surface area contributed by atoms with Crippen LogP contribution in [0.4, 0.5) is 5.69 Å². The largest absolute Gasteiger partial charge is 0.499 e. The third kappa shape index (κ3) is 2.63. The van der Waals surface area contributed by atoms with E-state index in [2.05, 4.69) is 0 Å². The number of rotatable bonds is 4. The van der Waals surface area contributed by atoms with Gasteiger partial charge < -0.3 is 14.0 Å². The lowest BCUT2D eigenvalue weighted by molar-refractivity contribution is -0.385. The minimum atomic E-state index is -0.702. The van der Waals surface area contributed by atoms with Crippen LogP contribution in [0.25, 0.3) is 0 Å². The highest BCUT2D eigenvalue weighted by atomic mass is 32.2. The molecule has 1 heterocycles. The molecule has 1 aliphatic heterocycles. The molecule has 0 N–H and O–H groups in total. The molecule has 1 fully saturated rings. The van der Waals surface area contributed by atoms with E-state index in [1.54, 1.807) is 23.9 Å². The second-order valence-corrected chi connectivity index (χ2v) is 6.57. The van der Waals surface area contributed by atoms with Gasteiger partial charge in [-0.25, -0.2) is 0 Å². The number of hydrogen-bond donors (Lipinski definition) is 0. The van der Waals surface area contributed by atoms with Crippen molar-refractivity contribution in [3.63, 3.8) is 0 Å². The second-order valence-electron chi connectivity index (χ2n) is 5.38. The van der Waals surface area contributed by atoms with E-state index in [0.29, 0.717) is 5.46 Å². The van der Waals surface area contributed by atoms with E-state index in [0.717, 1.165) is 0 Å². The third-order valence-electron chi connectivity index (χ3n) is 3.90. The summed E-state index contributed by atoms with van der Waals surface area (Å²) >= 11 is 1.54. The van der Waals surface area contributed by atoms with Gasteiger partial charge in [-0.15, -0.1) is 11.8 Å². The molecular formula is C13H18BNO5S. The van der Waals surface area contributed by atoms with Crippen molar-refractivity contribution < 1.29 is 19.0 Å². The maximum Gasteiger partial charge on any atom is 0.499 e. The van der Waals surface area contributed by atoms with Crippen LogP contribution in [0, 0.1) is 10.1 Å². The Hall–Kier alpha value is -1.25. The maximum absolute atomic E-state index is 11.1. The van der Waals surface area contributed by atoms with Crippen LogP contribution in [0.3, 0.4) is 0 Å². The maximum atomic E-state index is 11.1. The van der Waals surface area contributed by atoms with Crippen molar-refractivity contribution in [3.05, 3.63) is 28.3 Å². The number of nitro groups is 1. The van der Waals surface area contributed by atoms with Gasteiger partial charge in [0.15, 0.2) is 5.75 Å². The number of para-hydroxylation sites is 1. The quantitative estimate of drug-likeness (QED) is 0.482. The minimum Gasteiger partial charge on any atom is -0.490 e. The van der Waals surface area contributed by atoms with Crippen LogP contribution < -0.4 is 10.2 Å². The van der Waals surface area contributed by atoms with E-state index in [1.807, 2.05) is 27.0 Å². The van der Waals surface area contributed by atoms with Crippen LogP contribution in [-0.2, 0) is 9.31 Å². The summed E-state index contributed by atoms with van der Waals surface area (Å²) in [4.78, 5) is 10.1. The Morgan fingerprint density at radius 3 is 2.48 bits per heavy atom. The number of nitro benzene ring substituents is 1. The van der Waals surface area contributed by atoms with Crippen molar-refractivity contribution in [1.82, 2.24) is 0 Å². The van der Waals surface area contributed by atoms with Crippen LogP contribution in [0.15, 0.2) is 18.2 Å². The second kappa shape index (κ2) is 5.51. The SMILES string of the molecule is COc1c(B2OC(C)(C)C(C)(SC)O2)cccc1[N+](=O)[O-]. The molecule has 21 heavy (non-hydrogen) atoms. The van der Waals surface area contributed by atoms with Crippen LogP contribution in [0.2, 0.25) is 0 Å². The van der Waals surface area contributed by atoms with E-state index in [9.17, 15) is 10.1 Å². The van der Waals surface area contributed by atoms with Crippen LogP contribution in [0.5, 0.6) is 5.75 Å². The summed E-state index contributed by atoms with van der Waals surface area (Å²) in [6.07, 6.45) is 1.94. The first-order valence-corrected chi connectivity index (χ1v) is 7.70. The van der Waals surface area contributed by atoms with Gasteiger partial charge >= 0.3 is 12.8 Å². The van der Waals surface area contributed by atoms with E-state index in [1.165, 1.54) is 13.2 Å². The first-order valence-electron chi connectivity index (χ1n) is 6.48. The summed E-state index contributed by atoms with van der Waals surface area (Å²) in [5.41, 5.74) is -0.109. The van der Waals surface area contributed by atoms with E-state index >= 15 is 0 Å². The van der Waals surface area contributed by atoms with Gasteiger partial charge in [-0.05, 0) is 27.0 Å². The van der Waals surface area contributed by atoms with Crippen LogP contribution >= 0.6 is 11.8 Å². The summed E-state index contributed by atoms with van der Waals surface area (Å²) in [6, 6.07) is 4.72. The molecule has 6 nitrogen and oxygen atoms in total. The Balaban J connectivity index is 2.45. The predicted octanol–water partition coefficient (Wildman–Crippen LogP) is 2.20. The average molecular weight is 311 g/mol. The fourth-order valence-corrected chi connectivity index (χ4v) is 2.98. The number of methoxy groups -OCH3 is 1. The lowest BCUT2D eigenvalue weighted by Gasteiger charge is -2.34. The van der Waals surface area contributed by atoms with E-state index in [4.69, 9.17) is 14.0 Å². The molecule has 0 amide bonds. The van der Waals surface area contributed by atoms with Gasteiger partial charge in [0.1, 0.15) is 4.93 Å². The van der Waals surface area contributed by atoms with Crippen LogP contribution in [-0.4, -0.2) is 35.9 Å². The molecule has 0 saturated carbocycles. The molecule has 1 aromatic rings. The van der Waals surface area contributed by atoms with Gasteiger partial charge in [-0.3, -0.25) is 10.1 Å². The Bertz CT molecular complexity index is 567. The molecule has 0 radical (unpaired) electrons. The molecule has 0 bridgehead atoms. The van der Waals surface area contributed by atoms with Crippen molar-refractivity contribution in [2.24, 2.45) is 0 Å². The standard InChI is InChI=1S/C13H18BNO5S/c1-12(2)13(3,21-5)20-14(19-12)9-7-6-8-10(15(16)17)11(9)18-4/h6-8H,1-5H3. The molecular weight excluding hydrogens is 293 g/mol. The minimum absolute atomic E-state index is 0.0993. The van der Waals surface area contributed by atoms with Gasteiger partial charge in [-0.1, -0.05) is 12.1 Å². The number of benzene rings is 1. The topological polar surface area (TPSA) is 70.8 Å². The molecule has 1 saturated heterocycles. The molecule has 0 spiro atoms. The van der Waals surface area contributed by atoms with E-state index < -0.39 is 22.6 Å². The first kappa shape index (κ1) is 16.1. The lowest BCUT2D eigenvalue weighted by atomic mass is 9.78. The highest BCUT2D eigenvalue weighted by Gasteiger charge is 2.55. The molecule has 1 aliphatic rings. The van der Waals surface area contributed by atoms with Crippen molar-refractivity contribution >= 4 is 30.0 Å². The summed E-state index contributed by atoms with van der Waals surface area (Å²) in [7, 11) is 0.701. The van der Waals surface area contributed by atoms with Crippen molar-refractivity contribution in [3.8, 4) is 5.75 Å². The number of hydrogen-bond acceptors (Lipinski definition) is 6. The summed E-state index contributed by atoms with van der Waals surface area (Å²) in [5.74, 6) is 0.175. The Morgan fingerprint density at radius 2 is 2.00 bits per heavy atom. The van der Waals surface area contributed by atoms with Crippen molar-refractivity contribution in [2.75, 3.05) is 13.4 Å². The Morgan fingerprint density at radius 1 is 1.33 bits per heavy atom. The van der Waals surface area contributed by atoms with Gasteiger partial charge in [-0.2, -0.15) is 0 Å². The van der Waals surface area contributed by atoms with E-state index in [-0.39, 0.29) is 11.4 Å². The zero-order valence-corrected chi connectivity index (χ0v) is 13.5. The fraction of sp³-hybridized carbons (Fsp3) is 0.538. The van der Waals surface area contributed by atoms with Crippen molar-refractivity contribution in [1.29, 1.82) is 0 Å². The third-order valence-corrected chi connectivity index (χ3v) is 5.26. The Labute approximate surface area is 128 Å². The predicted molar refractivity (Wildman–Crippen MR) is 83.2 cm³/mol. The highest BCUT2D eigenvalue weighted by molar-refractivity contribution is 7.99. The average Bonchev–Trinajstić information content (AvgIpc) is 2.68. The zero-order valence-electron chi connectivity index (χ0n) is 12.7. The lowest BCUT2D eigenvalue weighted by Crippen LogP contribution is -2.41. The highest BCUT2D eigenvalue weighted by Crippen LogP contribution is 2.44. The van der Waals surface area contributed by atoms with Gasteiger partial charge in [0.2, 0.25) is 0 Å². The summed E-state index contributed by atoms with van der Waals surface area (Å²) in [5, 5.41) is 11.1. The smallest absolute Gasteiger partial charge is 0.490 e. The number of ether oxygens (including phenoxy) is 1. The molecule has 1 aromatic carbocycles. The van der Waals surface area contributed by atoms with Gasteiger partial charge in [0.05, 0.1) is 17.6 Å². The summed E-state index contributed by atoms with van der Waals surface area (Å²) in [6.45, 7) is 5.82. The Kier molecular flexibility index (Phi) is 4.23. The summed E-state index contributed by atoms with van der Waals surface area (Å²) < 4.78 is 17.2. The van der Waals surface area contributed by atoms with Gasteiger partial charge in [0, 0.05) is 11.5 Å². The molecule has 1 unspecified atom stereocenters. The fourth-order valence-electron chi connectivity index (χ4n) is 2.26. The normalized spacial score (nSPS) is 24.1. The molecule has 2 rings (SSSR count). The molecule has 0 aromatic heterocycles. The number of nitrogens with zero attached hydrogens (tertiary/aromatic N) is 1.